The van der Waals surface area contributed by atoms with Crippen LogP contribution >= 0.6 is 35.0 Å². The average Bonchev–Trinajstić information content (AvgIpc) is 2.14. The molecule has 0 unspecified atom stereocenters. The van der Waals surface area contributed by atoms with Crippen molar-refractivity contribution in [2.45, 2.75) is 23.2 Å². The maximum absolute atomic E-state index is 12.3. The van der Waals surface area contributed by atoms with Gasteiger partial charge in [0, 0.05) is 15.8 Å². The Morgan fingerprint density at radius 1 is 1.25 bits per heavy atom. The summed E-state index contributed by atoms with van der Waals surface area (Å²) in [7, 11) is 0. The molecule has 6 heteroatoms. The van der Waals surface area contributed by atoms with Gasteiger partial charge in [0.25, 0.3) is 0 Å². The number of benzene rings is 1. The van der Waals surface area contributed by atoms with E-state index in [0.717, 1.165) is 0 Å². The Hall–Kier alpha value is -0.0600. The molecule has 0 N–H and O–H groups in total. The summed E-state index contributed by atoms with van der Waals surface area (Å²) in [5, 5.41) is 0.307. The number of rotatable bonds is 4. The van der Waals surface area contributed by atoms with E-state index >= 15 is 0 Å². The van der Waals surface area contributed by atoms with Gasteiger partial charge in [0.2, 0.25) is 0 Å². The molecule has 0 aliphatic heterocycles. The predicted molar refractivity (Wildman–Crippen MR) is 62.4 cm³/mol. The van der Waals surface area contributed by atoms with E-state index in [-0.39, 0.29) is 16.7 Å². The zero-order valence-corrected chi connectivity index (χ0v) is 10.5. The van der Waals surface area contributed by atoms with Crippen LogP contribution in [0.2, 0.25) is 5.02 Å². The fraction of sp³-hybridized carbons (Fsp3) is 0.400. The first kappa shape index (κ1) is 14.0. The van der Waals surface area contributed by atoms with Crippen molar-refractivity contribution in [2.24, 2.45) is 0 Å². The first-order valence-corrected chi connectivity index (χ1v) is 6.25. The molecular weight excluding hydrogens is 280 g/mol. The molecular formula is C10H9Cl2F3S. The van der Waals surface area contributed by atoms with Crippen LogP contribution in [-0.2, 0) is 6.42 Å². The minimum absolute atomic E-state index is 0.136. The molecule has 0 aliphatic rings. The molecule has 0 amide bonds. The van der Waals surface area contributed by atoms with Gasteiger partial charge in [-0.15, -0.1) is 11.6 Å². The van der Waals surface area contributed by atoms with Crippen molar-refractivity contribution >= 4 is 35.0 Å². The normalized spacial score (nSPS) is 11.8. The molecule has 16 heavy (non-hydrogen) atoms. The summed E-state index contributed by atoms with van der Waals surface area (Å²) in [4.78, 5) is 0.158. The number of hydrogen-bond donors (Lipinski definition) is 0. The Morgan fingerprint density at radius 2 is 1.94 bits per heavy atom. The number of halogens is 5. The van der Waals surface area contributed by atoms with Gasteiger partial charge in [0.1, 0.15) is 0 Å². The number of hydrogen-bond acceptors (Lipinski definition) is 1. The molecule has 0 spiro atoms. The summed E-state index contributed by atoms with van der Waals surface area (Å²) in [6.07, 6.45) is 1.17. The smallest absolute Gasteiger partial charge is 0.160 e. The van der Waals surface area contributed by atoms with E-state index in [1.807, 2.05) is 0 Å². The van der Waals surface area contributed by atoms with Gasteiger partial charge in [-0.3, -0.25) is 0 Å². The maximum atomic E-state index is 12.3. The van der Waals surface area contributed by atoms with Crippen LogP contribution in [0, 0.1) is 0 Å². The van der Waals surface area contributed by atoms with E-state index in [4.69, 9.17) is 23.2 Å². The molecule has 90 valence electrons. The van der Waals surface area contributed by atoms with Gasteiger partial charge in [-0.05, 0) is 42.3 Å². The highest BCUT2D eigenvalue weighted by molar-refractivity contribution is 8.00. The van der Waals surface area contributed by atoms with Crippen LogP contribution in [0.3, 0.4) is 0 Å². The zero-order chi connectivity index (χ0) is 12.2. The van der Waals surface area contributed by atoms with Gasteiger partial charge < -0.3 is 0 Å². The van der Waals surface area contributed by atoms with Crippen molar-refractivity contribution in [3.63, 3.8) is 0 Å². The third kappa shape index (κ3) is 4.85. The molecule has 0 saturated heterocycles. The lowest BCUT2D eigenvalue weighted by Gasteiger charge is -2.11. The molecule has 0 atom stereocenters. The van der Waals surface area contributed by atoms with Gasteiger partial charge >= 0.3 is 5.51 Å². The van der Waals surface area contributed by atoms with Crippen molar-refractivity contribution in [3.05, 3.63) is 28.8 Å². The summed E-state index contributed by atoms with van der Waals surface area (Å²) in [6.45, 7) is 0. The topological polar surface area (TPSA) is 0 Å². The van der Waals surface area contributed by atoms with Crippen molar-refractivity contribution in [1.82, 2.24) is 0 Å². The van der Waals surface area contributed by atoms with Crippen molar-refractivity contribution < 1.29 is 13.2 Å². The Balaban J connectivity index is 2.89. The van der Waals surface area contributed by atoms with Crippen LogP contribution in [0.5, 0.6) is 0 Å². The number of thioether (sulfide) groups is 1. The van der Waals surface area contributed by atoms with E-state index in [1.54, 1.807) is 12.1 Å². The number of alkyl halides is 4. The molecule has 0 heterocycles. The van der Waals surface area contributed by atoms with Gasteiger partial charge in [-0.25, -0.2) is 0 Å². The van der Waals surface area contributed by atoms with Crippen LogP contribution in [0.25, 0.3) is 0 Å². The minimum atomic E-state index is -4.29. The molecule has 0 nitrogen and oxygen atoms in total. The van der Waals surface area contributed by atoms with Crippen LogP contribution in [0.15, 0.2) is 23.1 Å². The second-order valence-electron chi connectivity index (χ2n) is 3.09. The standard InChI is InChI=1S/C10H9Cl2F3S/c11-5-1-2-7-3-4-8(12)6-9(7)16-10(13,14)15/h3-4,6H,1-2,5H2. The highest BCUT2D eigenvalue weighted by Crippen LogP contribution is 2.39. The first-order chi connectivity index (χ1) is 7.42. The minimum Gasteiger partial charge on any atom is -0.160 e. The van der Waals surface area contributed by atoms with Crippen molar-refractivity contribution in [3.8, 4) is 0 Å². The quantitative estimate of drug-likeness (QED) is 0.547. The second-order valence-corrected chi connectivity index (χ2v) is 5.01. The summed E-state index contributed by atoms with van der Waals surface area (Å²) >= 11 is 11.1. The van der Waals surface area contributed by atoms with E-state index in [0.29, 0.717) is 29.3 Å². The average molecular weight is 289 g/mol. The van der Waals surface area contributed by atoms with Crippen LogP contribution in [0.1, 0.15) is 12.0 Å². The van der Waals surface area contributed by atoms with Crippen LogP contribution in [-0.4, -0.2) is 11.4 Å². The summed E-state index contributed by atoms with van der Waals surface area (Å²) < 4.78 is 36.8. The van der Waals surface area contributed by atoms with Crippen LogP contribution in [0.4, 0.5) is 13.2 Å². The van der Waals surface area contributed by atoms with Gasteiger partial charge in [0.15, 0.2) is 0 Å². The largest absolute Gasteiger partial charge is 0.446 e. The fourth-order valence-corrected chi connectivity index (χ4v) is 2.32. The van der Waals surface area contributed by atoms with Gasteiger partial charge in [-0.2, -0.15) is 13.2 Å². The monoisotopic (exact) mass is 288 g/mol. The summed E-state index contributed by atoms with van der Waals surface area (Å²) in [5.41, 5.74) is -3.66. The van der Waals surface area contributed by atoms with E-state index in [1.165, 1.54) is 6.07 Å². The van der Waals surface area contributed by atoms with Gasteiger partial charge in [0.05, 0.1) is 0 Å². The van der Waals surface area contributed by atoms with E-state index in [9.17, 15) is 13.2 Å². The molecule has 0 saturated carbocycles. The molecule has 0 fully saturated rings. The lowest BCUT2D eigenvalue weighted by molar-refractivity contribution is -0.0328. The summed E-state index contributed by atoms with van der Waals surface area (Å²) in [6, 6.07) is 4.54. The Morgan fingerprint density at radius 3 is 2.50 bits per heavy atom. The molecule has 0 aromatic heterocycles. The lowest BCUT2D eigenvalue weighted by Crippen LogP contribution is -2.01. The summed E-state index contributed by atoms with van der Waals surface area (Å²) in [5.74, 6) is 0.429. The van der Waals surface area contributed by atoms with Crippen molar-refractivity contribution in [1.29, 1.82) is 0 Å². The Labute approximate surface area is 106 Å². The van der Waals surface area contributed by atoms with Crippen molar-refractivity contribution in [2.75, 3.05) is 5.88 Å². The predicted octanol–water partition coefficient (Wildman–Crippen LogP) is 5.12. The lowest BCUT2D eigenvalue weighted by atomic mass is 10.1. The third-order valence-corrected chi connectivity index (χ3v) is 3.17. The zero-order valence-electron chi connectivity index (χ0n) is 8.15. The first-order valence-electron chi connectivity index (χ1n) is 4.52. The molecule has 1 aromatic rings. The van der Waals surface area contributed by atoms with Crippen LogP contribution < -0.4 is 0 Å². The third-order valence-electron chi connectivity index (χ3n) is 1.83. The SMILES string of the molecule is FC(F)(F)Sc1cc(Cl)ccc1CCCCl. The molecule has 0 bridgehead atoms. The Bertz CT molecular complexity index is 352. The van der Waals surface area contributed by atoms with E-state index < -0.39 is 5.51 Å². The molecule has 1 rings (SSSR count). The second kappa shape index (κ2) is 6.03. The van der Waals surface area contributed by atoms with E-state index in [2.05, 4.69) is 0 Å². The molecule has 0 radical (unpaired) electrons. The highest BCUT2D eigenvalue weighted by Gasteiger charge is 2.30. The highest BCUT2D eigenvalue weighted by atomic mass is 35.5. The molecule has 1 aromatic carbocycles. The fourth-order valence-electron chi connectivity index (χ4n) is 1.21. The Kier molecular flexibility index (Phi) is 5.28. The van der Waals surface area contributed by atoms with Gasteiger partial charge in [-0.1, -0.05) is 17.7 Å². The molecule has 0 aliphatic carbocycles. The maximum Gasteiger partial charge on any atom is 0.446 e. The number of aryl methyl sites for hydroxylation is 1.